The van der Waals surface area contributed by atoms with Gasteiger partial charge in [-0.1, -0.05) is 13.0 Å². The summed E-state index contributed by atoms with van der Waals surface area (Å²) in [6, 6.07) is 4.61. The third-order valence-corrected chi connectivity index (χ3v) is 1.75. The van der Waals surface area contributed by atoms with Crippen LogP contribution in [0.3, 0.4) is 0 Å². The summed E-state index contributed by atoms with van der Waals surface area (Å²) in [4.78, 5) is 0. The van der Waals surface area contributed by atoms with E-state index < -0.39 is 6.36 Å². The fourth-order valence-electron chi connectivity index (χ4n) is 1.22. The molecule has 1 aromatic carbocycles. The summed E-state index contributed by atoms with van der Waals surface area (Å²) in [5.74, 6) is -0.144. The quantitative estimate of drug-likeness (QED) is 0.716. The average Bonchev–Trinajstić information content (AvgIpc) is 1.99. The second-order valence-electron chi connectivity index (χ2n) is 3.06. The van der Waals surface area contributed by atoms with Crippen molar-refractivity contribution < 1.29 is 17.9 Å². The molecule has 14 heavy (non-hydrogen) atoms. The second kappa shape index (κ2) is 3.90. The first-order valence-electron chi connectivity index (χ1n) is 4.27. The van der Waals surface area contributed by atoms with Crippen LogP contribution in [-0.2, 0) is 6.42 Å². The molecular weight excluding hydrogens is 193 g/mol. The normalized spacial score (nSPS) is 11.5. The van der Waals surface area contributed by atoms with Crippen LogP contribution >= 0.6 is 0 Å². The van der Waals surface area contributed by atoms with Crippen LogP contribution < -0.4 is 4.74 Å². The summed E-state index contributed by atoms with van der Waals surface area (Å²) >= 11 is 0. The molecule has 4 heteroatoms. The molecular formula is C10H11F3O. The van der Waals surface area contributed by atoms with Crippen molar-refractivity contribution in [1.82, 2.24) is 0 Å². The highest BCUT2D eigenvalue weighted by Gasteiger charge is 2.31. The van der Waals surface area contributed by atoms with Crippen LogP contribution in [0, 0.1) is 6.92 Å². The van der Waals surface area contributed by atoms with Crippen molar-refractivity contribution in [3.8, 4) is 5.75 Å². The van der Waals surface area contributed by atoms with Gasteiger partial charge in [0.25, 0.3) is 0 Å². The Labute approximate surface area is 80.5 Å². The largest absolute Gasteiger partial charge is 0.573 e. The maximum atomic E-state index is 11.9. The molecule has 0 bridgehead atoms. The Balaban J connectivity index is 2.92. The van der Waals surface area contributed by atoms with E-state index in [0.717, 1.165) is 11.1 Å². The monoisotopic (exact) mass is 204 g/mol. The predicted molar refractivity (Wildman–Crippen MR) is 47.2 cm³/mol. The zero-order valence-corrected chi connectivity index (χ0v) is 7.98. The van der Waals surface area contributed by atoms with Gasteiger partial charge in [0.2, 0.25) is 0 Å². The number of alkyl halides is 3. The summed E-state index contributed by atoms with van der Waals surface area (Å²) in [5, 5.41) is 0. The first kappa shape index (κ1) is 10.9. The van der Waals surface area contributed by atoms with Crippen molar-refractivity contribution in [2.75, 3.05) is 0 Å². The zero-order valence-electron chi connectivity index (χ0n) is 7.98. The Hall–Kier alpha value is -1.19. The van der Waals surface area contributed by atoms with Gasteiger partial charge in [0, 0.05) is 0 Å². The molecule has 1 aromatic rings. The molecule has 1 rings (SSSR count). The van der Waals surface area contributed by atoms with Crippen LogP contribution in [0.5, 0.6) is 5.75 Å². The molecule has 0 heterocycles. The van der Waals surface area contributed by atoms with E-state index in [2.05, 4.69) is 4.74 Å². The molecule has 0 unspecified atom stereocenters. The van der Waals surface area contributed by atoms with Gasteiger partial charge in [0.05, 0.1) is 0 Å². The lowest BCUT2D eigenvalue weighted by atomic mass is 10.1. The van der Waals surface area contributed by atoms with E-state index in [4.69, 9.17) is 0 Å². The summed E-state index contributed by atoms with van der Waals surface area (Å²) in [7, 11) is 0. The van der Waals surface area contributed by atoms with Gasteiger partial charge in [0.1, 0.15) is 5.75 Å². The standard InChI is InChI=1S/C10H11F3O/c1-3-8-4-7(2)5-9(6-8)14-10(11,12)13/h4-6H,3H2,1-2H3. The van der Waals surface area contributed by atoms with Crippen LogP contribution in [-0.4, -0.2) is 6.36 Å². The number of benzene rings is 1. The van der Waals surface area contributed by atoms with E-state index in [-0.39, 0.29) is 5.75 Å². The molecule has 0 saturated carbocycles. The molecule has 78 valence electrons. The number of hydrogen-bond acceptors (Lipinski definition) is 1. The van der Waals surface area contributed by atoms with E-state index in [0.29, 0.717) is 6.42 Å². The second-order valence-corrected chi connectivity index (χ2v) is 3.06. The smallest absolute Gasteiger partial charge is 0.406 e. The van der Waals surface area contributed by atoms with E-state index in [1.807, 2.05) is 13.0 Å². The lowest BCUT2D eigenvalue weighted by Gasteiger charge is -2.10. The highest BCUT2D eigenvalue weighted by molar-refractivity contribution is 5.33. The zero-order chi connectivity index (χ0) is 10.8. The Morgan fingerprint density at radius 1 is 1.21 bits per heavy atom. The maximum absolute atomic E-state index is 11.9. The van der Waals surface area contributed by atoms with Crippen LogP contribution in [0.2, 0.25) is 0 Å². The third-order valence-electron chi connectivity index (χ3n) is 1.75. The van der Waals surface area contributed by atoms with Crippen LogP contribution in [0.4, 0.5) is 13.2 Å². The Morgan fingerprint density at radius 2 is 1.86 bits per heavy atom. The molecule has 0 atom stereocenters. The number of hydrogen-bond donors (Lipinski definition) is 0. The van der Waals surface area contributed by atoms with Crippen molar-refractivity contribution in [1.29, 1.82) is 0 Å². The Kier molecular flexibility index (Phi) is 3.03. The van der Waals surface area contributed by atoms with E-state index in [9.17, 15) is 13.2 Å². The molecule has 0 fully saturated rings. The summed E-state index contributed by atoms with van der Waals surface area (Å²) in [5.41, 5.74) is 1.60. The highest BCUT2D eigenvalue weighted by atomic mass is 19.4. The topological polar surface area (TPSA) is 9.23 Å². The van der Waals surface area contributed by atoms with Gasteiger partial charge < -0.3 is 4.74 Å². The van der Waals surface area contributed by atoms with Gasteiger partial charge in [-0.15, -0.1) is 13.2 Å². The van der Waals surface area contributed by atoms with Crippen molar-refractivity contribution in [2.45, 2.75) is 26.6 Å². The van der Waals surface area contributed by atoms with Crippen molar-refractivity contribution in [2.24, 2.45) is 0 Å². The van der Waals surface area contributed by atoms with Gasteiger partial charge in [0.15, 0.2) is 0 Å². The molecule has 0 N–H and O–H groups in total. The molecule has 0 amide bonds. The molecule has 0 aromatic heterocycles. The lowest BCUT2D eigenvalue weighted by molar-refractivity contribution is -0.274. The van der Waals surface area contributed by atoms with Crippen LogP contribution in [0.25, 0.3) is 0 Å². The summed E-state index contributed by atoms with van der Waals surface area (Å²) in [6.07, 6.45) is -3.92. The van der Waals surface area contributed by atoms with Crippen molar-refractivity contribution in [3.63, 3.8) is 0 Å². The Bertz CT molecular complexity index is 318. The van der Waals surface area contributed by atoms with Gasteiger partial charge >= 0.3 is 6.36 Å². The predicted octanol–water partition coefficient (Wildman–Crippen LogP) is 3.46. The maximum Gasteiger partial charge on any atom is 0.573 e. The molecule has 0 radical (unpaired) electrons. The van der Waals surface area contributed by atoms with Crippen molar-refractivity contribution >= 4 is 0 Å². The highest BCUT2D eigenvalue weighted by Crippen LogP contribution is 2.24. The lowest BCUT2D eigenvalue weighted by Crippen LogP contribution is -2.17. The van der Waals surface area contributed by atoms with Crippen molar-refractivity contribution in [3.05, 3.63) is 29.3 Å². The molecule has 0 aliphatic heterocycles. The summed E-state index contributed by atoms with van der Waals surface area (Å²) < 4.78 is 39.5. The minimum absolute atomic E-state index is 0.144. The van der Waals surface area contributed by atoms with Crippen LogP contribution in [0.15, 0.2) is 18.2 Å². The Morgan fingerprint density at radius 3 is 2.36 bits per heavy atom. The van der Waals surface area contributed by atoms with Gasteiger partial charge in [-0.05, 0) is 36.6 Å². The molecule has 0 saturated heterocycles. The molecule has 0 aliphatic rings. The van der Waals surface area contributed by atoms with E-state index in [1.165, 1.54) is 12.1 Å². The number of ether oxygens (including phenoxy) is 1. The van der Waals surface area contributed by atoms with E-state index >= 15 is 0 Å². The molecule has 1 nitrogen and oxygen atoms in total. The number of rotatable bonds is 2. The SMILES string of the molecule is CCc1cc(C)cc(OC(F)(F)F)c1. The van der Waals surface area contributed by atoms with Gasteiger partial charge in [-0.25, -0.2) is 0 Å². The van der Waals surface area contributed by atoms with E-state index in [1.54, 1.807) is 6.92 Å². The van der Waals surface area contributed by atoms with Gasteiger partial charge in [-0.2, -0.15) is 0 Å². The minimum Gasteiger partial charge on any atom is -0.406 e. The van der Waals surface area contributed by atoms with Crippen LogP contribution in [0.1, 0.15) is 18.1 Å². The summed E-state index contributed by atoms with van der Waals surface area (Å²) in [6.45, 7) is 3.62. The third kappa shape index (κ3) is 3.28. The first-order valence-corrected chi connectivity index (χ1v) is 4.27. The first-order chi connectivity index (χ1) is 6.40. The fraction of sp³-hybridized carbons (Fsp3) is 0.400. The number of aryl methyl sites for hydroxylation is 2. The molecule has 0 aliphatic carbocycles. The average molecular weight is 204 g/mol. The molecule has 0 spiro atoms. The fourth-order valence-corrected chi connectivity index (χ4v) is 1.22. The number of halogens is 3. The van der Waals surface area contributed by atoms with Gasteiger partial charge in [-0.3, -0.25) is 0 Å². The minimum atomic E-state index is -4.61.